The molecule has 0 saturated heterocycles. The van der Waals surface area contributed by atoms with Crippen LogP contribution in [-0.2, 0) is 22.6 Å². The number of benzene rings is 2. The Hall–Kier alpha value is -2.69. The van der Waals surface area contributed by atoms with Gasteiger partial charge in [-0.25, -0.2) is 0 Å². The molecule has 0 saturated carbocycles. The van der Waals surface area contributed by atoms with Gasteiger partial charge in [0.05, 0.1) is 11.3 Å². The average Bonchev–Trinajstić information content (AvgIpc) is 2.96. The summed E-state index contributed by atoms with van der Waals surface area (Å²) in [6.45, 7) is 0.0644. The second-order valence-corrected chi connectivity index (χ2v) is 5.73. The van der Waals surface area contributed by atoms with Crippen LogP contribution in [0.1, 0.15) is 35.4 Å². The van der Waals surface area contributed by atoms with E-state index in [2.05, 4.69) is 12.1 Å². The molecule has 23 heavy (non-hydrogen) atoms. The van der Waals surface area contributed by atoms with Crippen molar-refractivity contribution in [3.05, 3.63) is 75.3 Å². The van der Waals surface area contributed by atoms with E-state index in [1.165, 1.54) is 23.3 Å². The molecule has 2 aromatic rings. The number of aryl methyl sites for hydroxylation is 1. The van der Waals surface area contributed by atoms with Crippen LogP contribution in [0.25, 0.3) is 0 Å². The number of nitro benzene ring substituents is 1. The van der Waals surface area contributed by atoms with Crippen molar-refractivity contribution in [2.75, 3.05) is 0 Å². The molecule has 1 aliphatic rings. The monoisotopic (exact) mass is 311 g/mol. The zero-order chi connectivity index (χ0) is 16.2. The van der Waals surface area contributed by atoms with Crippen LogP contribution in [0, 0.1) is 10.1 Å². The van der Waals surface area contributed by atoms with Crippen molar-refractivity contribution < 1.29 is 14.5 Å². The predicted molar refractivity (Wildman–Crippen MR) is 85.0 cm³/mol. The Labute approximate surface area is 134 Å². The summed E-state index contributed by atoms with van der Waals surface area (Å²) in [5.41, 5.74) is 3.17. The smallest absolute Gasteiger partial charge is 0.306 e. The van der Waals surface area contributed by atoms with Crippen LogP contribution in [0.4, 0.5) is 5.69 Å². The first-order valence-corrected chi connectivity index (χ1v) is 7.60. The number of nitro groups is 1. The molecule has 1 unspecified atom stereocenters. The number of hydrogen-bond donors (Lipinski definition) is 0. The van der Waals surface area contributed by atoms with Gasteiger partial charge in [0, 0.05) is 12.1 Å². The van der Waals surface area contributed by atoms with E-state index in [1.807, 2.05) is 12.1 Å². The van der Waals surface area contributed by atoms with Gasteiger partial charge in [-0.2, -0.15) is 0 Å². The minimum Gasteiger partial charge on any atom is -0.461 e. The Morgan fingerprint density at radius 3 is 2.87 bits per heavy atom. The maximum atomic E-state index is 12.0. The second-order valence-electron chi connectivity index (χ2n) is 5.73. The van der Waals surface area contributed by atoms with E-state index in [9.17, 15) is 14.9 Å². The first-order valence-electron chi connectivity index (χ1n) is 7.60. The van der Waals surface area contributed by atoms with Crippen molar-refractivity contribution in [2.24, 2.45) is 0 Å². The zero-order valence-electron chi connectivity index (χ0n) is 12.6. The summed E-state index contributed by atoms with van der Waals surface area (Å²) in [5.74, 6) is -0.0537. The van der Waals surface area contributed by atoms with Gasteiger partial charge in [-0.3, -0.25) is 14.9 Å². The third kappa shape index (κ3) is 3.56. The standard InChI is InChI=1S/C18H17NO4/c20-18(11-15-9-8-14-5-1-2-7-17(14)15)23-12-13-4-3-6-16(10-13)19(21)22/h1-7,10,15H,8-9,11-12H2. The summed E-state index contributed by atoms with van der Waals surface area (Å²) < 4.78 is 5.28. The molecule has 1 aliphatic carbocycles. The number of fused-ring (bicyclic) bond motifs is 1. The molecular weight excluding hydrogens is 294 g/mol. The number of nitrogens with zero attached hydrogens (tertiary/aromatic N) is 1. The largest absolute Gasteiger partial charge is 0.461 e. The lowest BCUT2D eigenvalue weighted by Gasteiger charge is -2.11. The van der Waals surface area contributed by atoms with Gasteiger partial charge in [-0.15, -0.1) is 0 Å². The van der Waals surface area contributed by atoms with Gasteiger partial charge in [0.2, 0.25) is 0 Å². The number of ether oxygens (including phenoxy) is 1. The summed E-state index contributed by atoms with van der Waals surface area (Å²) in [5, 5.41) is 10.7. The normalized spacial score (nSPS) is 15.9. The van der Waals surface area contributed by atoms with Gasteiger partial charge in [0.1, 0.15) is 6.61 Å². The SMILES string of the molecule is O=C(CC1CCc2ccccc21)OCc1cccc([N+](=O)[O-])c1. The summed E-state index contributed by atoms with van der Waals surface area (Å²) in [6, 6.07) is 14.3. The predicted octanol–water partition coefficient (Wildman–Crippen LogP) is 3.76. The zero-order valence-corrected chi connectivity index (χ0v) is 12.6. The highest BCUT2D eigenvalue weighted by Gasteiger charge is 2.24. The highest BCUT2D eigenvalue weighted by Crippen LogP contribution is 2.35. The first-order chi connectivity index (χ1) is 11.1. The molecule has 0 amide bonds. The van der Waals surface area contributed by atoms with Crippen LogP contribution in [0.2, 0.25) is 0 Å². The number of rotatable bonds is 5. The Morgan fingerprint density at radius 2 is 2.04 bits per heavy atom. The molecule has 0 aromatic heterocycles. The molecule has 0 heterocycles. The Bertz CT molecular complexity index is 741. The Morgan fingerprint density at radius 1 is 1.22 bits per heavy atom. The van der Waals surface area contributed by atoms with Crippen molar-refractivity contribution in [3.63, 3.8) is 0 Å². The van der Waals surface area contributed by atoms with Crippen molar-refractivity contribution in [1.82, 2.24) is 0 Å². The van der Waals surface area contributed by atoms with Crippen molar-refractivity contribution >= 4 is 11.7 Å². The lowest BCUT2D eigenvalue weighted by Crippen LogP contribution is -2.09. The lowest BCUT2D eigenvalue weighted by atomic mass is 9.98. The number of carbonyl (C=O) groups excluding carboxylic acids is 1. The topological polar surface area (TPSA) is 69.4 Å². The van der Waals surface area contributed by atoms with Crippen LogP contribution < -0.4 is 0 Å². The van der Waals surface area contributed by atoms with Crippen molar-refractivity contribution in [3.8, 4) is 0 Å². The Balaban J connectivity index is 1.57. The molecule has 5 heteroatoms. The lowest BCUT2D eigenvalue weighted by molar-refractivity contribution is -0.384. The van der Waals surface area contributed by atoms with Gasteiger partial charge in [-0.1, -0.05) is 36.4 Å². The number of non-ortho nitro benzene ring substituents is 1. The summed E-state index contributed by atoms with van der Waals surface area (Å²) >= 11 is 0. The minimum absolute atomic E-state index is 0.00303. The van der Waals surface area contributed by atoms with E-state index in [4.69, 9.17) is 4.74 Å². The molecule has 2 aromatic carbocycles. The third-order valence-electron chi connectivity index (χ3n) is 4.19. The van der Waals surface area contributed by atoms with E-state index in [0.717, 1.165) is 12.8 Å². The van der Waals surface area contributed by atoms with Gasteiger partial charge in [0.15, 0.2) is 0 Å². The fourth-order valence-electron chi connectivity index (χ4n) is 3.04. The van der Waals surface area contributed by atoms with E-state index in [-0.39, 0.29) is 24.2 Å². The maximum Gasteiger partial charge on any atom is 0.306 e. The summed E-state index contributed by atoms with van der Waals surface area (Å²) in [7, 11) is 0. The van der Waals surface area contributed by atoms with Gasteiger partial charge < -0.3 is 4.74 Å². The molecule has 0 N–H and O–H groups in total. The van der Waals surface area contributed by atoms with Gasteiger partial charge >= 0.3 is 5.97 Å². The number of carbonyl (C=O) groups is 1. The van der Waals surface area contributed by atoms with E-state index in [0.29, 0.717) is 12.0 Å². The van der Waals surface area contributed by atoms with Gasteiger partial charge in [0.25, 0.3) is 5.69 Å². The third-order valence-corrected chi connectivity index (χ3v) is 4.19. The second kappa shape index (κ2) is 6.60. The molecule has 0 bridgehead atoms. The molecule has 0 fully saturated rings. The number of esters is 1. The van der Waals surface area contributed by atoms with E-state index < -0.39 is 4.92 Å². The van der Waals surface area contributed by atoms with Gasteiger partial charge in [-0.05, 0) is 35.4 Å². The van der Waals surface area contributed by atoms with E-state index in [1.54, 1.807) is 12.1 Å². The van der Waals surface area contributed by atoms with Crippen LogP contribution >= 0.6 is 0 Å². The molecule has 3 rings (SSSR count). The number of hydrogen-bond acceptors (Lipinski definition) is 4. The quantitative estimate of drug-likeness (QED) is 0.479. The highest BCUT2D eigenvalue weighted by molar-refractivity contribution is 5.71. The van der Waals surface area contributed by atoms with Crippen molar-refractivity contribution in [2.45, 2.75) is 31.8 Å². The molecular formula is C18H17NO4. The summed E-state index contributed by atoms with van der Waals surface area (Å²) in [4.78, 5) is 22.3. The van der Waals surface area contributed by atoms with Crippen LogP contribution in [0.5, 0.6) is 0 Å². The minimum atomic E-state index is -0.458. The average molecular weight is 311 g/mol. The molecule has 0 radical (unpaired) electrons. The van der Waals surface area contributed by atoms with E-state index >= 15 is 0 Å². The van der Waals surface area contributed by atoms with Crippen LogP contribution in [-0.4, -0.2) is 10.9 Å². The molecule has 0 aliphatic heterocycles. The fourth-order valence-corrected chi connectivity index (χ4v) is 3.04. The fraction of sp³-hybridized carbons (Fsp3) is 0.278. The Kier molecular flexibility index (Phi) is 4.37. The highest BCUT2D eigenvalue weighted by atomic mass is 16.6. The van der Waals surface area contributed by atoms with Crippen LogP contribution in [0.15, 0.2) is 48.5 Å². The molecule has 1 atom stereocenters. The van der Waals surface area contributed by atoms with Crippen LogP contribution in [0.3, 0.4) is 0 Å². The molecule has 5 nitrogen and oxygen atoms in total. The maximum absolute atomic E-state index is 12.0. The first kappa shape index (κ1) is 15.2. The summed E-state index contributed by atoms with van der Waals surface area (Å²) in [6.07, 6.45) is 2.32. The molecule has 0 spiro atoms. The molecule has 118 valence electrons. The van der Waals surface area contributed by atoms with Crippen molar-refractivity contribution in [1.29, 1.82) is 0 Å².